The maximum Gasteiger partial charge on any atom is 0.340 e. The highest BCUT2D eigenvalue weighted by Crippen LogP contribution is 2.33. The number of benzene rings is 2. The second-order valence-electron chi connectivity index (χ2n) is 6.43. The minimum Gasteiger partial charge on any atom is -0.465 e. The molecule has 0 radical (unpaired) electrons. The van der Waals surface area contributed by atoms with Crippen LogP contribution in [-0.4, -0.2) is 22.6 Å². The molecule has 0 saturated heterocycles. The predicted octanol–water partition coefficient (Wildman–Crippen LogP) is 5.74. The summed E-state index contributed by atoms with van der Waals surface area (Å²) in [6.07, 6.45) is 5.12. The lowest BCUT2D eigenvalue weighted by molar-refractivity contribution is 0.0601. The summed E-state index contributed by atoms with van der Waals surface area (Å²) in [6.45, 7) is 6.26. The number of esters is 1. The number of aryl methyl sites for hydroxylation is 2. The molecular weight excluding hydrogens is 425 g/mol. The van der Waals surface area contributed by atoms with Gasteiger partial charge in [-0.3, -0.25) is 0 Å². The van der Waals surface area contributed by atoms with Gasteiger partial charge in [0, 0.05) is 16.7 Å². The Kier molecular flexibility index (Phi) is 6.14. The Morgan fingerprint density at radius 1 is 1.43 bits per heavy atom. The summed E-state index contributed by atoms with van der Waals surface area (Å²) in [5.41, 5.74) is 2.54. The number of carbonyl (C=O) groups is 1. The van der Waals surface area contributed by atoms with Gasteiger partial charge in [0.1, 0.15) is 5.52 Å². The molecule has 0 aliphatic carbocycles. The monoisotopic (exact) mass is 445 g/mol. The molecule has 7 heteroatoms. The van der Waals surface area contributed by atoms with Gasteiger partial charge in [-0.1, -0.05) is 22.0 Å². The number of unbranched alkanes of at least 4 members (excludes halogenated alkanes) is 1. The average Bonchev–Trinajstić information content (AvgIpc) is 3.08. The summed E-state index contributed by atoms with van der Waals surface area (Å²) in [5.74, 6) is -1.19. The molecule has 0 aliphatic heterocycles. The number of carbonyl (C=O) groups excluding carboxylic acids is 1. The lowest BCUT2D eigenvalue weighted by atomic mass is 10.1. The van der Waals surface area contributed by atoms with E-state index >= 15 is 4.39 Å². The van der Waals surface area contributed by atoms with E-state index in [0.29, 0.717) is 17.7 Å². The Bertz CT molecular complexity index is 1050. The van der Waals surface area contributed by atoms with Gasteiger partial charge in [-0.15, -0.1) is 6.58 Å². The number of hydrogen-bond acceptors (Lipinski definition) is 4. The molecule has 0 saturated carbocycles. The molecule has 0 atom stereocenters. The third-order valence-electron chi connectivity index (χ3n) is 4.52. The number of imidazole rings is 1. The predicted molar refractivity (Wildman–Crippen MR) is 113 cm³/mol. The van der Waals surface area contributed by atoms with Gasteiger partial charge in [0.25, 0.3) is 0 Å². The van der Waals surface area contributed by atoms with Crippen molar-refractivity contribution < 1.29 is 13.9 Å². The second-order valence-corrected chi connectivity index (χ2v) is 7.34. The molecule has 0 bridgehead atoms. The highest BCUT2D eigenvalue weighted by atomic mass is 79.9. The van der Waals surface area contributed by atoms with Gasteiger partial charge in [-0.25, -0.2) is 14.2 Å². The first-order valence-electron chi connectivity index (χ1n) is 8.86. The van der Waals surface area contributed by atoms with Crippen LogP contribution in [0.5, 0.6) is 0 Å². The van der Waals surface area contributed by atoms with Crippen molar-refractivity contribution in [1.29, 1.82) is 0 Å². The van der Waals surface area contributed by atoms with Gasteiger partial charge in [0.15, 0.2) is 5.82 Å². The van der Waals surface area contributed by atoms with Gasteiger partial charge in [-0.2, -0.15) is 0 Å². The maximum absolute atomic E-state index is 15.4. The Balaban J connectivity index is 2.11. The lowest BCUT2D eigenvalue weighted by Gasteiger charge is -2.15. The van der Waals surface area contributed by atoms with Gasteiger partial charge < -0.3 is 14.6 Å². The van der Waals surface area contributed by atoms with E-state index in [9.17, 15) is 4.79 Å². The molecule has 146 valence electrons. The normalized spacial score (nSPS) is 10.9. The molecule has 0 amide bonds. The van der Waals surface area contributed by atoms with Gasteiger partial charge >= 0.3 is 5.97 Å². The molecule has 0 unspecified atom stereocenters. The Morgan fingerprint density at radius 2 is 2.21 bits per heavy atom. The number of nitrogens with zero attached hydrogens (tertiary/aromatic N) is 2. The first-order chi connectivity index (χ1) is 13.5. The number of halogens is 2. The standard InChI is InChI=1S/C21H21BrFN3O2/c1-4-5-6-9-26-12-24-20-17(26)11-15(21(27)28-3)19(18(20)23)25-16-8-7-14(22)10-13(16)2/h4,7-8,10-12,25H,1,5-6,9H2,2-3H3. The summed E-state index contributed by atoms with van der Waals surface area (Å²) in [7, 11) is 1.28. The minimum absolute atomic E-state index is 0.0566. The average molecular weight is 446 g/mol. The van der Waals surface area contributed by atoms with Crippen molar-refractivity contribution in [2.24, 2.45) is 0 Å². The van der Waals surface area contributed by atoms with Crippen molar-refractivity contribution >= 4 is 44.3 Å². The summed E-state index contributed by atoms with van der Waals surface area (Å²) in [6, 6.07) is 7.20. The van der Waals surface area contributed by atoms with Crippen LogP contribution in [0.1, 0.15) is 28.8 Å². The first-order valence-corrected chi connectivity index (χ1v) is 9.65. The molecule has 2 aromatic carbocycles. The highest BCUT2D eigenvalue weighted by molar-refractivity contribution is 9.10. The summed E-state index contributed by atoms with van der Waals surface area (Å²) < 4.78 is 23.0. The van der Waals surface area contributed by atoms with Crippen LogP contribution < -0.4 is 5.32 Å². The maximum atomic E-state index is 15.4. The van der Waals surface area contributed by atoms with Crippen molar-refractivity contribution in [2.45, 2.75) is 26.3 Å². The molecule has 0 spiro atoms. The van der Waals surface area contributed by atoms with Crippen LogP contribution >= 0.6 is 15.9 Å². The Hall–Kier alpha value is -2.67. The number of fused-ring (bicyclic) bond motifs is 1. The number of aromatic nitrogens is 2. The molecule has 0 aliphatic rings. The number of nitrogens with one attached hydrogen (secondary N) is 1. The van der Waals surface area contributed by atoms with Crippen LogP contribution in [0, 0.1) is 12.7 Å². The molecule has 3 aromatic rings. The van der Waals surface area contributed by atoms with Crippen LogP contribution in [-0.2, 0) is 11.3 Å². The zero-order valence-corrected chi connectivity index (χ0v) is 17.3. The summed E-state index contributed by atoms with van der Waals surface area (Å²) >= 11 is 3.41. The van der Waals surface area contributed by atoms with E-state index in [1.54, 1.807) is 12.4 Å². The number of anilines is 2. The van der Waals surface area contributed by atoms with E-state index in [-0.39, 0.29) is 16.8 Å². The van der Waals surface area contributed by atoms with Crippen LogP contribution in [0.4, 0.5) is 15.8 Å². The van der Waals surface area contributed by atoms with Crippen molar-refractivity contribution in [3.63, 3.8) is 0 Å². The van der Waals surface area contributed by atoms with Crippen molar-refractivity contribution in [1.82, 2.24) is 9.55 Å². The number of allylic oxidation sites excluding steroid dienone is 1. The molecule has 1 aromatic heterocycles. The lowest BCUT2D eigenvalue weighted by Crippen LogP contribution is -2.09. The molecule has 5 nitrogen and oxygen atoms in total. The summed E-state index contributed by atoms with van der Waals surface area (Å²) in [4.78, 5) is 16.6. The van der Waals surface area contributed by atoms with Crippen molar-refractivity contribution in [3.8, 4) is 0 Å². The number of rotatable bonds is 7. The fourth-order valence-electron chi connectivity index (χ4n) is 3.04. The number of ether oxygens (including phenoxy) is 1. The van der Waals surface area contributed by atoms with Crippen LogP contribution in [0.25, 0.3) is 11.0 Å². The zero-order chi connectivity index (χ0) is 20.3. The van der Waals surface area contributed by atoms with Crippen LogP contribution in [0.2, 0.25) is 0 Å². The highest BCUT2D eigenvalue weighted by Gasteiger charge is 2.22. The third kappa shape index (κ3) is 3.94. The van der Waals surface area contributed by atoms with E-state index in [1.807, 2.05) is 35.8 Å². The van der Waals surface area contributed by atoms with Crippen molar-refractivity contribution in [3.05, 3.63) is 64.7 Å². The largest absolute Gasteiger partial charge is 0.465 e. The smallest absolute Gasteiger partial charge is 0.340 e. The van der Waals surface area contributed by atoms with E-state index in [2.05, 4.69) is 32.8 Å². The SMILES string of the molecule is C=CCCCn1cnc2c(F)c(Nc3ccc(Br)cc3C)c(C(=O)OC)cc21. The molecule has 3 rings (SSSR count). The number of methoxy groups -OCH3 is 1. The topological polar surface area (TPSA) is 56.2 Å². The first kappa shape index (κ1) is 20.1. The second kappa shape index (κ2) is 8.56. The number of hydrogen-bond donors (Lipinski definition) is 1. The molecule has 0 fully saturated rings. The third-order valence-corrected chi connectivity index (χ3v) is 5.01. The Labute approximate surface area is 171 Å². The quantitative estimate of drug-likeness (QED) is 0.286. The van der Waals surface area contributed by atoms with Crippen molar-refractivity contribution in [2.75, 3.05) is 12.4 Å². The van der Waals surface area contributed by atoms with E-state index in [1.165, 1.54) is 7.11 Å². The van der Waals surface area contributed by atoms with E-state index in [0.717, 1.165) is 22.9 Å². The molecule has 1 N–H and O–H groups in total. The summed E-state index contributed by atoms with van der Waals surface area (Å²) in [5, 5.41) is 3.05. The minimum atomic E-state index is -0.614. The Morgan fingerprint density at radius 3 is 2.89 bits per heavy atom. The van der Waals surface area contributed by atoms with Crippen LogP contribution in [0.3, 0.4) is 0 Å². The molecule has 28 heavy (non-hydrogen) atoms. The van der Waals surface area contributed by atoms with E-state index < -0.39 is 11.8 Å². The van der Waals surface area contributed by atoms with Crippen LogP contribution in [0.15, 0.2) is 47.7 Å². The van der Waals surface area contributed by atoms with Gasteiger partial charge in [0.2, 0.25) is 0 Å². The molecule has 1 heterocycles. The zero-order valence-electron chi connectivity index (χ0n) is 15.8. The fourth-order valence-corrected chi connectivity index (χ4v) is 3.51. The van der Waals surface area contributed by atoms with Gasteiger partial charge in [0.05, 0.1) is 30.2 Å². The fraction of sp³-hybridized carbons (Fsp3) is 0.238. The van der Waals surface area contributed by atoms with Gasteiger partial charge in [-0.05, 0) is 49.6 Å². The molecular formula is C21H21BrFN3O2. The van der Waals surface area contributed by atoms with E-state index in [4.69, 9.17) is 4.74 Å².